The second-order valence-corrected chi connectivity index (χ2v) is 2.41. The fraction of sp³-hybridized carbons (Fsp3) is 0.857. The third kappa shape index (κ3) is 2.48. The number of ether oxygens (including phenoxy) is 3. The highest BCUT2D eigenvalue weighted by Crippen LogP contribution is 2.16. The number of carbonyl (C=O) groups is 1. The molecule has 0 saturated carbocycles. The van der Waals surface area contributed by atoms with Crippen LogP contribution in [0.1, 0.15) is 12.8 Å². The minimum Gasteiger partial charge on any atom is -0.438 e. The lowest BCUT2D eigenvalue weighted by Crippen LogP contribution is -2.31. The van der Waals surface area contributed by atoms with Crippen molar-refractivity contribution in [1.29, 1.82) is 0 Å². The Kier molecular flexibility index (Phi) is 3.32. The Bertz CT molecular complexity index is 126. The first-order valence-corrected chi connectivity index (χ1v) is 3.60. The Morgan fingerprint density at radius 2 is 2.45 bits per heavy atom. The van der Waals surface area contributed by atoms with E-state index in [0.29, 0.717) is 19.5 Å². The number of hydrogen-bond acceptors (Lipinski definition) is 4. The highest BCUT2D eigenvalue weighted by molar-refractivity contribution is 5.37. The molecule has 0 spiro atoms. The first-order chi connectivity index (χ1) is 5.36. The molecule has 1 rings (SSSR count). The summed E-state index contributed by atoms with van der Waals surface area (Å²) in [6.45, 7) is 1.000. The van der Waals surface area contributed by atoms with Crippen molar-refractivity contribution in [3.05, 3.63) is 0 Å². The zero-order chi connectivity index (χ0) is 8.10. The average molecular weight is 160 g/mol. The van der Waals surface area contributed by atoms with Gasteiger partial charge in [0.2, 0.25) is 6.29 Å². The Hall–Kier alpha value is -0.610. The monoisotopic (exact) mass is 160 g/mol. The second-order valence-electron chi connectivity index (χ2n) is 2.41. The lowest BCUT2D eigenvalue weighted by molar-refractivity contribution is -0.187. The van der Waals surface area contributed by atoms with Crippen LogP contribution >= 0.6 is 0 Å². The molecule has 1 heterocycles. The summed E-state index contributed by atoms with van der Waals surface area (Å²) < 4.78 is 14.8. The Morgan fingerprint density at radius 3 is 3.09 bits per heavy atom. The van der Waals surface area contributed by atoms with Crippen LogP contribution in [0.4, 0.5) is 0 Å². The molecule has 0 radical (unpaired) electrons. The molecule has 0 aliphatic carbocycles. The Morgan fingerprint density at radius 1 is 1.64 bits per heavy atom. The molecule has 4 nitrogen and oxygen atoms in total. The smallest absolute Gasteiger partial charge is 0.295 e. The van der Waals surface area contributed by atoms with Gasteiger partial charge in [-0.1, -0.05) is 0 Å². The maximum absolute atomic E-state index is 9.93. The summed E-state index contributed by atoms with van der Waals surface area (Å²) in [4.78, 5) is 9.93. The van der Waals surface area contributed by atoms with E-state index in [1.54, 1.807) is 7.11 Å². The van der Waals surface area contributed by atoms with Crippen molar-refractivity contribution in [2.24, 2.45) is 0 Å². The van der Waals surface area contributed by atoms with Gasteiger partial charge >= 0.3 is 0 Å². The number of rotatable bonds is 3. The maximum atomic E-state index is 9.93. The normalized spacial score (nSPS) is 31.4. The van der Waals surface area contributed by atoms with Crippen molar-refractivity contribution in [3.63, 3.8) is 0 Å². The predicted octanol–water partition coefficient (Wildman–Crippen LogP) is 0.311. The lowest BCUT2D eigenvalue weighted by Gasteiger charge is -2.26. The summed E-state index contributed by atoms with van der Waals surface area (Å²) in [5, 5.41) is 0. The standard InChI is InChI=1S/C7H12O4/c1-9-6-2-3-10-7(4-6)11-5-8/h5-7H,2-4H2,1H3. The van der Waals surface area contributed by atoms with E-state index in [9.17, 15) is 4.79 Å². The van der Waals surface area contributed by atoms with E-state index in [-0.39, 0.29) is 6.10 Å². The minimum absolute atomic E-state index is 0.161. The fourth-order valence-electron chi connectivity index (χ4n) is 1.10. The highest BCUT2D eigenvalue weighted by atomic mass is 16.7. The van der Waals surface area contributed by atoms with Crippen molar-refractivity contribution in [1.82, 2.24) is 0 Å². The SMILES string of the molecule is COC1CCOC(OC=O)C1. The van der Waals surface area contributed by atoms with E-state index in [2.05, 4.69) is 4.74 Å². The van der Waals surface area contributed by atoms with Crippen molar-refractivity contribution in [2.45, 2.75) is 25.2 Å². The van der Waals surface area contributed by atoms with Crippen molar-refractivity contribution < 1.29 is 19.0 Å². The molecule has 1 saturated heterocycles. The van der Waals surface area contributed by atoms with Crippen molar-refractivity contribution in [2.75, 3.05) is 13.7 Å². The van der Waals surface area contributed by atoms with Gasteiger partial charge in [-0.2, -0.15) is 0 Å². The molecule has 0 N–H and O–H groups in total. The van der Waals surface area contributed by atoms with Crippen LogP contribution < -0.4 is 0 Å². The third-order valence-corrected chi connectivity index (χ3v) is 1.74. The quantitative estimate of drug-likeness (QED) is 0.557. The van der Waals surface area contributed by atoms with Crippen molar-refractivity contribution in [3.8, 4) is 0 Å². The second kappa shape index (κ2) is 4.31. The van der Waals surface area contributed by atoms with Crippen LogP contribution in [0.2, 0.25) is 0 Å². The van der Waals surface area contributed by atoms with Crippen LogP contribution in [0.5, 0.6) is 0 Å². The molecule has 2 atom stereocenters. The lowest BCUT2D eigenvalue weighted by atomic mass is 10.1. The Balaban J connectivity index is 2.27. The van der Waals surface area contributed by atoms with Gasteiger partial charge < -0.3 is 14.2 Å². The molecule has 1 aliphatic rings. The fourth-order valence-corrected chi connectivity index (χ4v) is 1.10. The van der Waals surface area contributed by atoms with E-state index in [4.69, 9.17) is 9.47 Å². The molecule has 0 aromatic carbocycles. The topological polar surface area (TPSA) is 44.8 Å². The van der Waals surface area contributed by atoms with Gasteiger partial charge in [-0.3, -0.25) is 4.79 Å². The third-order valence-electron chi connectivity index (χ3n) is 1.74. The van der Waals surface area contributed by atoms with E-state index in [1.807, 2.05) is 0 Å². The van der Waals surface area contributed by atoms with Gasteiger partial charge in [0.25, 0.3) is 6.47 Å². The van der Waals surface area contributed by atoms with Gasteiger partial charge in [0, 0.05) is 13.5 Å². The molecule has 0 amide bonds. The zero-order valence-electron chi connectivity index (χ0n) is 6.49. The summed E-state index contributed by atoms with van der Waals surface area (Å²) >= 11 is 0. The first kappa shape index (κ1) is 8.49. The molecule has 1 aliphatic heterocycles. The molecule has 1 fully saturated rings. The molecular formula is C7H12O4. The molecule has 2 unspecified atom stereocenters. The number of hydrogen-bond donors (Lipinski definition) is 0. The van der Waals surface area contributed by atoms with Crippen LogP contribution in [-0.4, -0.2) is 32.6 Å². The maximum Gasteiger partial charge on any atom is 0.295 e. The summed E-state index contributed by atoms with van der Waals surface area (Å²) in [5.74, 6) is 0. The van der Waals surface area contributed by atoms with Crippen LogP contribution in [0.3, 0.4) is 0 Å². The van der Waals surface area contributed by atoms with Gasteiger partial charge in [0.1, 0.15) is 0 Å². The molecule has 64 valence electrons. The highest BCUT2D eigenvalue weighted by Gasteiger charge is 2.22. The van der Waals surface area contributed by atoms with Gasteiger partial charge in [-0.25, -0.2) is 0 Å². The molecule has 11 heavy (non-hydrogen) atoms. The number of methoxy groups -OCH3 is 1. The Labute approximate surface area is 65.4 Å². The van der Waals surface area contributed by atoms with Crippen LogP contribution in [0.15, 0.2) is 0 Å². The average Bonchev–Trinajstić information content (AvgIpc) is 2.06. The predicted molar refractivity (Wildman–Crippen MR) is 36.9 cm³/mol. The number of carbonyl (C=O) groups excluding carboxylic acids is 1. The van der Waals surface area contributed by atoms with Crippen LogP contribution in [0.25, 0.3) is 0 Å². The van der Waals surface area contributed by atoms with Crippen LogP contribution in [-0.2, 0) is 19.0 Å². The van der Waals surface area contributed by atoms with E-state index in [0.717, 1.165) is 6.42 Å². The van der Waals surface area contributed by atoms with E-state index < -0.39 is 6.29 Å². The van der Waals surface area contributed by atoms with Crippen LogP contribution in [0, 0.1) is 0 Å². The summed E-state index contributed by atoms with van der Waals surface area (Å²) in [5.41, 5.74) is 0. The first-order valence-electron chi connectivity index (χ1n) is 3.60. The van der Waals surface area contributed by atoms with E-state index >= 15 is 0 Å². The molecule has 4 heteroatoms. The molecule has 0 aromatic rings. The molecule has 0 aromatic heterocycles. The van der Waals surface area contributed by atoms with Gasteiger partial charge in [0.15, 0.2) is 0 Å². The minimum atomic E-state index is -0.411. The van der Waals surface area contributed by atoms with E-state index in [1.165, 1.54) is 0 Å². The van der Waals surface area contributed by atoms with Crippen molar-refractivity contribution >= 4 is 6.47 Å². The van der Waals surface area contributed by atoms with Gasteiger partial charge in [0.05, 0.1) is 12.7 Å². The molecule has 0 bridgehead atoms. The molecular weight excluding hydrogens is 148 g/mol. The van der Waals surface area contributed by atoms with Gasteiger partial charge in [-0.15, -0.1) is 0 Å². The largest absolute Gasteiger partial charge is 0.438 e. The zero-order valence-corrected chi connectivity index (χ0v) is 6.49. The van der Waals surface area contributed by atoms with Gasteiger partial charge in [-0.05, 0) is 6.42 Å². The summed E-state index contributed by atoms with van der Waals surface area (Å²) in [6.07, 6.45) is 1.25. The summed E-state index contributed by atoms with van der Waals surface area (Å²) in [7, 11) is 1.65. The summed E-state index contributed by atoms with van der Waals surface area (Å²) in [6, 6.07) is 0.